The minimum absolute atomic E-state index is 0.0816. The number of nitrogens with zero attached hydrogens (tertiary/aromatic N) is 2. The Bertz CT molecular complexity index is 427. The van der Waals surface area contributed by atoms with Crippen molar-refractivity contribution in [1.82, 2.24) is 14.5 Å². The molecule has 0 unspecified atom stereocenters. The second kappa shape index (κ2) is 5.09. The third-order valence-electron chi connectivity index (χ3n) is 1.95. The monoisotopic (exact) mass is 295 g/mol. The predicted molar refractivity (Wildman–Crippen MR) is 62.1 cm³/mol. The zero-order valence-corrected chi connectivity index (χ0v) is 11.1. The number of hydrogen-bond donors (Lipinski definition) is 1. The summed E-state index contributed by atoms with van der Waals surface area (Å²) in [7, 11) is -1.38. The SMILES string of the molecule is CCc1nn(C)cc1CNS(=O)(=O)CBr. The van der Waals surface area contributed by atoms with Gasteiger partial charge in [0.2, 0.25) is 10.0 Å². The van der Waals surface area contributed by atoms with Crippen molar-refractivity contribution < 1.29 is 8.42 Å². The maximum absolute atomic E-state index is 11.2. The Kier molecular flexibility index (Phi) is 4.30. The van der Waals surface area contributed by atoms with Crippen molar-refractivity contribution in [3.63, 3.8) is 0 Å². The Morgan fingerprint density at radius 1 is 1.60 bits per heavy atom. The summed E-state index contributed by atoms with van der Waals surface area (Å²) >= 11 is 2.91. The van der Waals surface area contributed by atoms with E-state index in [2.05, 4.69) is 25.8 Å². The van der Waals surface area contributed by atoms with E-state index in [1.807, 2.05) is 20.2 Å². The smallest absolute Gasteiger partial charge is 0.221 e. The van der Waals surface area contributed by atoms with Crippen LogP contribution in [0.1, 0.15) is 18.2 Å². The van der Waals surface area contributed by atoms with E-state index in [1.54, 1.807) is 4.68 Å². The van der Waals surface area contributed by atoms with E-state index in [0.29, 0.717) is 6.54 Å². The first-order valence-corrected chi connectivity index (χ1v) is 7.30. The standard InChI is InChI=1S/C8H14BrN3O2S/c1-3-8-7(5-12(2)11-8)4-10-15(13,14)6-9/h5,10H,3-4,6H2,1-2H3. The van der Waals surface area contributed by atoms with Crippen LogP contribution in [0.25, 0.3) is 0 Å². The van der Waals surface area contributed by atoms with Gasteiger partial charge < -0.3 is 0 Å². The third kappa shape index (κ3) is 3.58. The topological polar surface area (TPSA) is 64.0 Å². The average Bonchev–Trinajstić information content (AvgIpc) is 2.56. The molecule has 0 saturated heterocycles. The molecular formula is C8H14BrN3O2S. The summed E-state index contributed by atoms with van der Waals surface area (Å²) in [6.45, 7) is 2.29. The first-order valence-electron chi connectivity index (χ1n) is 4.53. The van der Waals surface area contributed by atoms with E-state index in [0.717, 1.165) is 17.7 Å². The molecule has 1 aromatic rings. The molecule has 0 radical (unpaired) electrons. The second-order valence-electron chi connectivity index (χ2n) is 3.17. The van der Waals surface area contributed by atoms with Crippen LogP contribution in [0.3, 0.4) is 0 Å². The highest BCUT2D eigenvalue weighted by Gasteiger charge is 2.10. The van der Waals surface area contributed by atoms with E-state index in [9.17, 15) is 8.42 Å². The molecule has 0 aromatic carbocycles. The van der Waals surface area contributed by atoms with Crippen molar-refractivity contribution in [2.24, 2.45) is 7.05 Å². The quantitative estimate of drug-likeness (QED) is 0.816. The normalized spacial score (nSPS) is 11.9. The zero-order valence-electron chi connectivity index (χ0n) is 8.70. The Morgan fingerprint density at radius 2 is 2.27 bits per heavy atom. The highest BCUT2D eigenvalue weighted by Crippen LogP contribution is 2.07. The van der Waals surface area contributed by atoms with E-state index < -0.39 is 10.0 Å². The maximum Gasteiger partial charge on any atom is 0.221 e. The molecule has 0 fully saturated rings. The van der Waals surface area contributed by atoms with Crippen LogP contribution >= 0.6 is 15.9 Å². The zero-order chi connectivity index (χ0) is 11.5. The second-order valence-corrected chi connectivity index (χ2v) is 6.28. The van der Waals surface area contributed by atoms with Crippen molar-refractivity contribution >= 4 is 26.0 Å². The molecule has 86 valence electrons. The van der Waals surface area contributed by atoms with Crippen molar-refractivity contribution in [3.8, 4) is 0 Å². The average molecular weight is 296 g/mol. The molecule has 1 rings (SSSR count). The lowest BCUT2D eigenvalue weighted by molar-refractivity contribution is 0.586. The number of rotatable bonds is 5. The summed E-state index contributed by atoms with van der Waals surface area (Å²) in [6, 6.07) is 0. The Hall–Kier alpha value is -0.400. The number of sulfonamides is 1. The van der Waals surface area contributed by atoms with Crippen molar-refractivity contribution in [2.75, 3.05) is 4.66 Å². The van der Waals surface area contributed by atoms with Gasteiger partial charge in [0.05, 0.1) is 5.69 Å². The lowest BCUT2D eigenvalue weighted by Gasteiger charge is -2.02. The maximum atomic E-state index is 11.2. The molecule has 0 aliphatic rings. The predicted octanol–water partition coefficient (Wildman–Crippen LogP) is 0.754. The highest BCUT2D eigenvalue weighted by molar-refractivity contribution is 9.10. The highest BCUT2D eigenvalue weighted by atomic mass is 79.9. The first kappa shape index (κ1) is 12.7. The van der Waals surface area contributed by atoms with Gasteiger partial charge in [0.1, 0.15) is 4.66 Å². The number of nitrogens with one attached hydrogen (secondary N) is 1. The van der Waals surface area contributed by atoms with Gasteiger partial charge in [0, 0.05) is 25.4 Å². The molecular weight excluding hydrogens is 282 g/mol. The molecule has 0 spiro atoms. The van der Waals surface area contributed by atoms with Gasteiger partial charge in [-0.3, -0.25) is 4.68 Å². The number of alkyl halides is 1. The van der Waals surface area contributed by atoms with Crippen LogP contribution in [0.4, 0.5) is 0 Å². The van der Waals surface area contributed by atoms with E-state index in [1.165, 1.54) is 0 Å². The van der Waals surface area contributed by atoms with Crippen LogP contribution in [0.15, 0.2) is 6.20 Å². The molecule has 15 heavy (non-hydrogen) atoms. The first-order chi connectivity index (χ1) is 6.98. The third-order valence-corrected chi connectivity index (χ3v) is 4.63. The van der Waals surface area contributed by atoms with Crippen molar-refractivity contribution in [3.05, 3.63) is 17.5 Å². The van der Waals surface area contributed by atoms with Crippen molar-refractivity contribution in [2.45, 2.75) is 19.9 Å². The molecule has 0 aliphatic heterocycles. The summed E-state index contributed by atoms with van der Waals surface area (Å²) in [5, 5.41) is 4.23. The fourth-order valence-electron chi connectivity index (χ4n) is 1.26. The Balaban J connectivity index is 2.73. The summed E-state index contributed by atoms with van der Waals surface area (Å²) in [4.78, 5) is 0. The molecule has 0 aliphatic carbocycles. The molecule has 5 nitrogen and oxygen atoms in total. The van der Waals surface area contributed by atoms with Crippen LogP contribution in [-0.4, -0.2) is 22.9 Å². The summed E-state index contributed by atoms with van der Waals surface area (Å²) in [6.07, 6.45) is 2.63. The number of aromatic nitrogens is 2. The Morgan fingerprint density at radius 3 is 2.80 bits per heavy atom. The van der Waals surface area contributed by atoms with Crippen LogP contribution in [-0.2, 0) is 30.0 Å². The van der Waals surface area contributed by atoms with Gasteiger partial charge in [0.25, 0.3) is 0 Å². The number of hydrogen-bond acceptors (Lipinski definition) is 3. The van der Waals surface area contributed by atoms with Gasteiger partial charge >= 0.3 is 0 Å². The van der Waals surface area contributed by atoms with Gasteiger partial charge in [-0.1, -0.05) is 22.9 Å². The fraction of sp³-hybridized carbons (Fsp3) is 0.625. The number of halogens is 1. The van der Waals surface area contributed by atoms with Crippen LogP contribution in [0.2, 0.25) is 0 Å². The summed E-state index contributed by atoms with van der Waals surface area (Å²) in [5.74, 6) is 0. The van der Waals surface area contributed by atoms with Crippen LogP contribution in [0.5, 0.6) is 0 Å². The van der Waals surface area contributed by atoms with Gasteiger partial charge in [0.15, 0.2) is 0 Å². The minimum Gasteiger partial charge on any atom is -0.275 e. The molecule has 0 amide bonds. The molecule has 0 bridgehead atoms. The lowest BCUT2D eigenvalue weighted by atomic mass is 10.2. The molecule has 1 aromatic heterocycles. The van der Waals surface area contributed by atoms with Gasteiger partial charge in [-0.25, -0.2) is 13.1 Å². The van der Waals surface area contributed by atoms with Crippen molar-refractivity contribution in [1.29, 1.82) is 0 Å². The van der Waals surface area contributed by atoms with E-state index in [-0.39, 0.29) is 4.66 Å². The summed E-state index contributed by atoms with van der Waals surface area (Å²) < 4.78 is 26.5. The largest absolute Gasteiger partial charge is 0.275 e. The molecule has 0 atom stereocenters. The lowest BCUT2D eigenvalue weighted by Crippen LogP contribution is -2.24. The fourth-order valence-corrected chi connectivity index (χ4v) is 2.19. The van der Waals surface area contributed by atoms with Gasteiger partial charge in [-0.2, -0.15) is 5.10 Å². The van der Waals surface area contributed by atoms with Gasteiger partial charge in [-0.15, -0.1) is 0 Å². The minimum atomic E-state index is -3.20. The van der Waals surface area contributed by atoms with Crippen LogP contribution < -0.4 is 4.72 Å². The Labute approximate surface area is 98.0 Å². The summed E-state index contributed by atoms with van der Waals surface area (Å²) in [5.41, 5.74) is 1.85. The van der Waals surface area contributed by atoms with Gasteiger partial charge in [-0.05, 0) is 6.42 Å². The number of aryl methyl sites for hydroxylation is 2. The molecule has 1 N–H and O–H groups in total. The molecule has 7 heteroatoms. The van der Waals surface area contributed by atoms with Crippen LogP contribution in [0, 0.1) is 0 Å². The molecule has 1 heterocycles. The molecule has 0 saturated carbocycles. The van der Waals surface area contributed by atoms with E-state index in [4.69, 9.17) is 0 Å². The van der Waals surface area contributed by atoms with E-state index >= 15 is 0 Å².